The van der Waals surface area contributed by atoms with Gasteiger partial charge in [0.05, 0.1) is 0 Å². The first-order valence-corrected chi connectivity index (χ1v) is 14.5. The second-order valence-electron chi connectivity index (χ2n) is 9.81. The lowest BCUT2D eigenvalue weighted by Gasteiger charge is -2.21. The largest absolute Gasteiger partial charge is 0.435 e. The van der Waals surface area contributed by atoms with E-state index in [1.807, 2.05) is 61.5 Å². The molecule has 0 aliphatic heterocycles. The van der Waals surface area contributed by atoms with E-state index in [0.717, 1.165) is 27.8 Å². The van der Waals surface area contributed by atoms with E-state index in [1.54, 1.807) is 30.9 Å². The summed E-state index contributed by atoms with van der Waals surface area (Å²) in [5, 5.41) is 2.71. The molecular formula is C32H29F3N6OS. The minimum Gasteiger partial charge on any atom is -0.351 e. The predicted octanol–water partition coefficient (Wildman–Crippen LogP) is 6.68. The Bertz CT molecular complexity index is 1660. The van der Waals surface area contributed by atoms with E-state index >= 15 is 0 Å². The second-order valence-corrected chi connectivity index (χ2v) is 10.8. The third kappa shape index (κ3) is 7.68. The molecule has 4 aromatic heterocycles. The lowest BCUT2D eigenvalue weighted by molar-refractivity contribution is -0.141. The van der Waals surface area contributed by atoms with Crippen LogP contribution < -0.4 is 5.32 Å². The molecule has 43 heavy (non-hydrogen) atoms. The number of rotatable bonds is 11. The van der Waals surface area contributed by atoms with Crippen LogP contribution in [0, 0.1) is 0 Å². The van der Waals surface area contributed by atoms with Gasteiger partial charge in [-0.2, -0.15) is 13.2 Å². The number of pyridine rings is 3. The molecule has 1 N–H and O–H groups in total. The summed E-state index contributed by atoms with van der Waals surface area (Å²) in [6.45, 7) is 3.97. The molecule has 0 fully saturated rings. The molecule has 4 heterocycles. The maximum Gasteiger partial charge on any atom is 0.435 e. The summed E-state index contributed by atoms with van der Waals surface area (Å²) in [7, 11) is 0. The summed E-state index contributed by atoms with van der Waals surface area (Å²) in [5.74, 6) is -0.815. The van der Waals surface area contributed by atoms with E-state index in [1.165, 1.54) is 6.20 Å². The normalized spacial score (nSPS) is 11.6. The Kier molecular flexibility index (Phi) is 9.53. The highest BCUT2D eigenvalue weighted by atomic mass is 32.1. The molecule has 0 bridgehead atoms. The maximum atomic E-state index is 14.1. The van der Waals surface area contributed by atoms with Crippen LogP contribution in [0.5, 0.6) is 0 Å². The summed E-state index contributed by atoms with van der Waals surface area (Å²) < 4.78 is 42.2. The zero-order valence-electron chi connectivity index (χ0n) is 23.4. The average Bonchev–Trinajstić information content (AvgIpc) is 3.49. The SMILES string of the molecule is CCN(Cc1ccncc1)Cc1cccnc1-c1nc(C(F)(F)F)c(C(=O)NCCc2cccc(-c3cccnc3)c2)s1. The van der Waals surface area contributed by atoms with Crippen molar-refractivity contribution in [2.24, 2.45) is 0 Å². The van der Waals surface area contributed by atoms with Crippen molar-refractivity contribution in [1.29, 1.82) is 0 Å². The van der Waals surface area contributed by atoms with E-state index in [4.69, 9.17) is 0 Å². The standard InChI is InChI=1S/C32H29F3N6OS/c1-2-41(20-23-10-15-36-16-11-23)21-26-9-5-14-38-27(26)31-40-29(32(33,34)35)28(43-31)30(42)39-17-12-22-6-3-7-24(18-22)25-8-4-13-37-19-25/h3-11,13-16,18-19H,2,12,17,20-21H2,1H3,(H,39,42). The number of thiazole rings is 1. The van der Waals surface area contributed by atoms with Crippen molar-refractivity contribution in [3.8, 4) is 21.8 Å². The minimum absolute atomic E-state index is 0.0530. The molecule has 5 aromatic rings. The van der Waals surface area contributed by atoms with E-state index in [-0.39, 0.29) is 11.6 Å². The van der Waals surface area contributed by atoms with Crippen molar-refractivity contribution in [3.63, 3.8) is 0 Å². The molecule has 0 aliphatic carbocycles. The highest BCUT2D eigenvalue weighted by Crippen LogP contribution is 2.38. The van der Waals surface area contributed by atoms with Gasteiger partial charge in [0, 0.05) is 50.6 Å². The quantitative estimate of drug-likeness (QED) is 0.182. The Morgan fingerprint density at radius 3 is 2.44 bits per heavy atom. The third-order valence-corrected chi connectivity index (χ3v) is 7.87. The van der Waals surface area contributed by atoms with Gasteiger partial charge in [0.25, 0.3) is 5.91 Å². The molecule has 1 amide bonds. The van der Waals surface area contributed by atoms with Crippen molar-refractivity contribution in [2.45, 2.75) is 32.6 Å². The Balaban J connectivity index is 1.32. The van der Waals surface area contributed by atoms with Gasteiger partial charge in [-0.1, -0.05) is 43.3 Å². The molecule has 5 rings (SSSR count). The van der Waals surface area contributed by atoms with E-state index in [9.17, 15) is 18.0 Å². The fourth-order valence-electron chi connectivity index (χ4n) is 4.63. The molecule has 0 spiro atoms. The van der Waals surface area contributed by atoms with Crippen molar-refractivity contribution in [2.75, 3.05) is 13.1 Å². The van der Waals surface area contributed by atoms with Crippen LogP contribution in [0.4, 0.5) is 13.2 Å². The first kappa shape index (κ1) is 30.0. The summed E-state index contributed by atoms with van der Waals surface area (Å²) in [6, 6.07) is 19.0. The molecule has 0 saturated heterocycles. The zero-order chi connectivity index (χ0) is 30.2. The minimum atomic E-state index is -4.80. The molecule has 11 heteroatoms. The van der Waals surface area contributed by atoms with Crippen molar-refractivity contribution >= 4 is 17.2 Å². The van der Waals surface area contributed by atoms with Crippen LogP contribution in [-0.2, 0) is 25.7 Å². The molecule has 0 saturated carbocycles. The van der Waals surface area contributed by atoms with E-state index in [0.29, 0.717) is 43.1 Å². The first-order valence-electron chi connectivity index (χ1n) is 13.7. The number of aromatic nitrogens is 4. The summed E-state index contributed by atoms with van der Waals surface area (Å²) in [5.41, 5.74) is 3.78. The van der Waals surface area contributed by atoms with E-state index in [2.05, 4.69) is 30.2 Å². The number of benzene rings is 1. The molecule has 0 unspecified atom stereocenters. The lowest BCUT2D eigenvalue weighted by Crippen LogP contribution is -2.27. The monoisotopic (exact) mass is 602 g/mol. The van der Waals surface area contributed by atoms with Gasteiger partial charge in [0.2, 0.25) is 0 Å². The maximum absolute atomic E-state index is 14.1. The average molecular weight is 603 g/mol. The van der Waals surface area contributed by atoms with Crippen LogP contribution in [0.2, 0.25) is 0 Å². The molecule has 220 valence electrons. The number of nitrogens with zero attached hydrogens (tertiary/aromatic N) is 5. The van der Waals surface area contributed by atoms with E-state index < -0.39 is 22.7 Å². The Labute approximate surface area is 251 Å². The number of hydrogen-bond acceptors (Lipinski definition) is 7. The second kappa shape index (κ2) is 13.7. The lowest BCUT2D eigenvalue weighted by atomic mass is 10.0. The van der Waals surface area contributed by atoms with Crippen LogP contribution in [0.1, 0.15) is 39.0 Å². The topological polar surface area (TPSA) is 83.9 Å². The number of hydrogen-bond donors (Lipinski definition) is 1. The Morgan fingerprint density at radius 2 is 1.70 bits per heavy atom. The zero-order valence-corrected chi connectivity index (χ0v) is 24.2. The van der Waals surface area contributed by atoms with Gasteiger partial charge >= 0.3 is 6.18 Å². The summed E-state index contributed by atoms with van der Waals surface area (Å²) >= 11 is 0.707. The van der Waals surface area contributed by atoms with Crippen LogP contribution in [0.15, 0.2) is 91.6 Å². The summed E-state index contributed by atoms with van der Waals surface area (Å²) in [6.07, 6.45) is 4.06. The number of halogens is 3. The fraction of sp³-hybridized carbons (Fsp3) is 0.219. The molecular weight excluding hydrogens is 573 g/mol. The van der Waals surface area contributed by atoms with Gasteiger partial charge in [-0.15, -0.1) is 11.3 Å². The summed E-state index contributed by atoms with van der Waals surface area (Å²) in [4.78, 5) is 31.2. The smallest absolute Gasteiger partial charge is 0.351 e. The van der Waals surface area contributed by atoms with Crippen molar-refractivity contribution in [1.82, 2.24) is 30.2 Å². The number of carbonyl (C=O) groups excluding carboxylic acids is 1. The van der Waals surface area contributed by atoms with Crippen molar-refractivity contribution in [3.05, 3.63) is 119 Å². The highest BCUT2D eigenvalue weighted by molar-refractivity contribution is 7.17. The van der Waals surface area contributed by atoms with Crippen LogP contribution in [0.25, 0.3) is 21.8 Å². The molecule has 0 aliphatic rings. The van der Waals surface area contributed by atoms with Crippen LogP contribution >= 0.6 is 11.3 Å². The highest BCUT2D eigenvalue weighted by Gasteiger charge is 2.40. The Morgan fingerprint density at radius 1 is 0.907 bits per heavy atom. The van der Waals surface area contributed by atoms with Gasteiger partial charge in [0.15, 0.2) is 5.69 Å². The molecule has 1 aromatic carbocycles. The molecule has 0 atom stereocenters. The predicted molar refractivity (Wildman–Crippen MR) is 160 cm³/mol. The van der Waals surface area contributed by atoms with Gasteiger partial charge in [-0.25, -0.2) is 4.98 Å². The fourth-order valence-corrected chi connectivity index (χ4v) is 5.67. The van der Waals surface area contributed by atoms with Crippen LogP contribution in [-0.4, -0.2) is 43.8 Å². The Hall–Kier alpha value is -4.48. The number of carbonyl (C=O) groups is 1. The number of nitrogens with one attached hydrogen (secondary N) is 1. The van der Waals surface area contributed by atoms with Gasteiger partial charge in [0.1, 0.15) is 15.6 Å². The van der Waals surface area contributed by atoms with Gasteiger partial charge in [-0.05, 0) is 65.0 Å². The van der Waals surface area contributed by atoms with Crippen LogP contribution in [0.3, 0.4) is 0 Å². The number of alkyl halides is 3. The van der Waals surface area contributed by atoms with Crippen molar-refractivity contribution < 1.29 is 18.0 Å². The third-order valence-electron chi connectivity index (χ3n) is 6.81. The van der Waals surface area contributed by atoms with Gasteiger partial charge < -0.3 is 5.32 Å². The molecule has 7 nitrogen and oxygen atoms in total. The number of amides is 1. The molecule has 0 radical (unpaired) electrons. The first-order chi connectivity index (χ1) is 20.8. The van der Waals surface area contributed by atoms with Gasteiger partial charge in [-0.3, -0.25) is 24.6 Å².